The summed E-state index contributed by atoms with van der Waals surface area (Å²) >= 11 is 0. The summed E-state index contributed by atoms with van der Waals surface area (Å²) in [4.78, 5) is 0. The number of hydrogen-bond acceptors (Lipinski definition) is 4. The van der Waals surface area contributed by atoms with Crippen molar-refractivity contribution in [2.24, 2.45) is 11.7 Å². The van der Waals surface area contributed by atoms with E-state index in [0.717, 1.165) is 25.7 Å². The van der Waals surface area contributed by atoms with E-state index in [1.165, 1.54) is 0 Å². The molecule has 0 saturated heterocycles. The molecule has 5 heteroatoms. The fraction of sp³-hybridized carbons (Fsp3) is 1.00. The van der Waals surface area contributed by atoms with Gasteiger partial charge < -0.3 is 14.8 Å². The van der Waals surface area contributed by atoms with Gasteiger partial charge in [-0.05, 0) is 32.6 Å². The third-order valence-electron chi connectivity index (χ3n) is 3.13. The van der Waals surface area contributed by atoms with Crippen molar-refractivity contribution in [3.8, 4) is 0 Å². The van der Waals surface area contributed by atoms with E-state index in [9.17, 15) is 4.57 Å². The minimum absolute atomic E-state index is 0.302. The zero-order valence-electron chi connectivity index (χ0n) is 10.6. The van der Waals surface area contributed by atoms with E-state index in [4.69, 9.17) is 14.8 Å². The van der Waals surface area contributed by atoms with Crippen LogP contribution in [0.15, 0.2) is 0 Å². The van der Waals surface area contributed by atoms with Crippen LogP contribution in [0.3, 0.4) is 0 Å². The predicted octanol–water partition coefficient (Wildman–Crippen LogP) is 3.12. The Morgan fingerprint density at radius 1 is 1.31 bits per heavy atom. The van der Waals surface area contributed by atoms with Crippen molar-refractivity contribution < 1.29 is 13.6 Å². The summed E-state index contributed by atoms with van der Waals surface area (Å²) in [7, 11) is -3.11. The second kappa shape index (κ2) is 5.63. The van der Waals surface area contributed by atoms with Crippen LogP contribution >= 0.6 is 7.60 Å². The molecule has 1 rings (SSSR count). The van der Waals surface area contributed by atoms with Crippen molar-refractivity contribution in [2.75, 3.05) is 13.2 Å². The van der Waals surface area contributed by atoms with Crippen molar-refractivity contribution in [1.29, 1.82) is 0 Å². The van der Waals surface area contributed by atoms with E-state index < -0.39 is 12.9 Å². The van der Waals surface area contributed by atoms with Crippen molar-refractivity contribution >= 4 is 7.60 Å². The van der Waals surface area contributed by atoms with Crippen LogP contribution < -0.4 is 5.73 Å². The summed E-state index contributed by atoms with van der Waals surface area (Å²) in [5, 5.41) is -0.714. The summed E-state index contributed by atoms with van der Waals surface area (Å²) in [5.41, 5.74) is 6.17. The number of unbranched alkanes of at least 4 members (excludes halogenated alkanes) is 1. The molecule has 0 aromatic carbocycles. The van der Waals surface area contributed by atoms with Crippen LogP contribution in [0, 0.1) is 5.92 Å². The molecule has 0 radical (unpaired) electrons. The highest BCUT2D eigenvalue weighted by atomic mass is 31.2. The number of hydrogen-bond donors (Lipinski definition) is 1. The van der Waals surface area contributed by atoms with Gasteiger partial charge in [0.2, 0.25) is 0 Å². The Morgan fingerprint density at radius 3 is 2.31 bits per heavy atom. The lowest BCUT2D eigenvalue weighted by molar-refractivity contribution is 0.207. The molecule has 2 N–H and O–H groups in total. The van der Waals surface area contributed by atoms with Crippen LogP contribution in [-0.2, 0) is 13.6 Å². The number of rotatable bonds is 8. The first-order valence-electron chi connectivity index (χ1n) is 6.22. The predicted molar refractivity (Wildman–Crippen MR) is 65.4 cm³/mol. The van der Waals surface area contributed by atoms with E-state index in [0.29, 0.717) is 19.1 Å². The smallest absolute Gasteiger partial charge is 0.315 e. The quantitative estimate of drug-likeness (QED) is 0.671. The van der Waals surface area contributed by atoms with Gasteiger partial charge in [0.15, 0.2) is 0 Å². The van der Waals surface area contributed by atoms with Gasteiger partial charge >= 0.3 is 7.60 Å². The molecule has 0 heterocycles. The summed E-state index contributed by atoms with van der Waals surface area (Å²) in [5.74, 6) is 0.302. The molecular formula is C11H24NO3P. The van der Waals surface area contributed by atoms with Gasteiger partial charge in [0.05, 0.1) is 13.2 Å². The summed E-state index contributed by atoms with van der Waals surface area (Å²) in [6.45, 7) is 6.55. The molecule has 0 aromatic rings. The highest BCUT2D eigenvalue weighted by molar-refractivity contribution is 7.56. The molecule has 2 atom stereocenters. The van der Waals surface area contributed by atoms with Gasteiger partial charge in [0, 0.05) is 0 Å². The molecule has 0 aromatic heterocycles. The van der Waals surface area contributed by atoms with Gasteiger partial charge in [-0.15, -0.1) is 0 Å². The van der Waals surface area contributed by atoms with E-state index in [-0.39, 0.29) is 0 Å². The first-order chi connectivity index (χ1) is 7.54. The molecule has 4 nitrogen and oxygen atoms in total. The molecule has 1 aliphatic carbocycles. The standard InChI is InChI=1S/C11H24NO3P/c1-4-7-8-10-9-11(10,12)16(13,14-5-2)15-6-3/h10H,4-9,12H2,1-3H3. The van der Waals surface area contributed by atoms with E-state index in [2.05, 4.69) is 6.92 Å². The third kappa shape index (κ3) is 2.67. The third-order valence-corrected chi connectivity index (χ3v) is 5.90. The summed E-state index contributed by atoms with van der Waals surface area (Å²) in [6, 6.07) is 0. The monoisotopic (exact) mass is 249 g/mol. The Labute approximate surface area is 98.4 Å². The highest BCUT2D eigenvalue weighted by Crippen LogP contribution is 2.71. The Morgan fingerprint density at radius 2 is 1.88 bits per heavy atom. The molecule has 16 heavy (non-hydrogen) atoms. The molecule has 1 aliphatic rings. The maximum Gasteiger partial charge on any atom is 0.350 e. The van der Waals surface area contributed by atoms with Crippen LogP contribution in [0.1, 0.15) is 46.5 Å². The van der Waals surface area contributed by atoms with Gasteiger partial charge in [-0.3, -0.25) is 4.57 Å². The normalized spacial score (nSPS) is 29.4. The van der Waals surface area contributed by atoms with Gasteiger partial charge in [-0.25, -0.2) is 0 Å². The topological polar surface area (TPSA) is 61.6 Å². The maximum atomic E-state index is 12.5. The van der Waals surface area contributed by atoms with Crippen LogP contribution in [0.2, 0.25) is 0 Å². The summed E-state index contributed by atoms with van der Waals surface area (Å²) < 4.78 is 23.1. The first-order valence-corrected chi connectivity index (χ1v) is 7.76. The minimum Gasteiger partial charge on any atom is -0.315 e. The molecule has 1 fully saturated rings. The maximum absolute atomic E-state index is 12.5. The van der Waals surface area contributed by atoms with E-state index in [1.54, 1.807) is 0 Å². The van der Waals surface area contributed by atoms with E-state index >= 15 is 0 Å². The second-order valence-electron chi connectivity index (χ2n) is 4.37. The van der Waals surface area contributed by atoms with Crippen LogP contribution in [-0.4, -0.2) is 18.5 Å². The van der Waals surface area contributed by atoms with Crippen LogP contribution in [0.5, 0.6) is 0 Å². The molecule has 1 saturated carbocycles. The summed E-state index contributed by atoms with van der Waals surface area (Å²) in [6.07, 6.45) is 4.06. The van der Waals surface area contributed by atoms with Gasteiger partial charge in [0.25, 0.3) is 0 Å². The van der Waals surface area contributed by atoms with Gasteiger partial charge in [-0.1, -0.05) is 19.8 Å². The Kier molecular flexibility index (Phi) is 4.99. The average Bonchev–Trinajstić information content (AvgIpc) is 2.89. The Bertz CT molecular complexity index is 262. The molecule has 0 amide bonds. The fourth-order valence-corrected chi connectivity index (χ4v) is 4.35. The van der Waals surface area contributed by atoms with E-state index in [1.807, 2.05) is 13.8 Å². The van der Waals surface area contributed by atoms with Crippen molar-refractivity contribution in [3.05, 3.63) is 0 Å². The largest absolute Gasteiger partial charge is 0.350 e. The molecule has 96 valence electrons. The van der Waals surface area contributed by atoms with Gasteiger partial charge in [0.1, 0.15) is 5.28 Å². The fourth-order valence-electron chi connectivity index (χ4n) is 2.09. The molecule has 0 bridgehead atoms. The number of nitrogens with two attached hydrogens (primary N) is 1. The molecule has 0 spiro atoms. The van der Waals surface area contributed by atoms with Crippen molar-refractivity contribution in [3.63, 3.8) is 0 Å². The van der Waals surface area contributed by atoms with Crippen LogP contribution in [0.4, 0.5) is 0 Å². The molecule has 2 unspecified atom stereocenters. The lowest BCUT2D eigenvalue weighted by Gasteiger charge is -2.24. The van der Waals surface area contributed by atoms with Crippen molar-refractivity contribution in [1.82, 2.24) is 0 Å². The SMILES string of the molecule is CCCCC1CC1(N)P(=O)(OCC)OCC. The second-order valence-corrected chi connectivity index (χ2v) is 6.71. The zero-order chi connectivity index (χ0) is 12.2. The lowest BCUT2D eigenvalue weighted by Crippen LogP contribution is -2.27. The Balaban J connectivity index is 2.62. The molecular weight excluding hydrogens is 225 g/mol. The average molecular weight is 249 g/mol. The first kappa shape index (κ1) is 14.2. The molecule has 0 aliphatic heterocycles. The zero-order valence-corrected chi connectivity index (χ0v) is 11.5. The van der Waals surface area contributed by atoms with Crippen LogP contribution in [0.25, 0.3) is 0 Å². The highest BCUT2D eigenvalue weighted by Gasteiger charge is 2.64. The lowest BCUT2D eigenvalue weighted by atomic mass is 10.2. The van der Waals surface area contributed by atoms with Gasteiger partial charge in [-0.2, -0.15) is 0 Å². The minimum atomic E-state index is -3.11. The van der Waals surface area contributed by atoms with Crippen molar-refractivity contribution in [2.45, 2.75) is 51.7 Å². The Hall–Kier alpha value is 0.110.